The summed E-state index contributed by atoms with van der Waals surface area (Å²) in [4.78, 5) is 11.8. The molecule has 17 heavy (non-hydrogen) atoms. The molecule has 6 heteroatoms. The van der Waals surface area contributed by atoms with Crippen LogP contribution in [0.5, 0.6) is 0 Å². The number of nitrogens with two attached hydrogens (primary N) is 1. The Kier molecular flexibility index (Phi) is 3.68. The summed E-state index contributed by atoms with van der Waals surface area (Å²) < 4.78 is 8.52. The first-order chi connectivity index (χ1) is 8.22. The van der Waals surface area contributed by atoms with E-state index in [0.717, 1.165) is 11.4 Å². The fraction of sp³-hybridized carbons (Fsp3) is 0.182. The van der Waals surface area contributed by atoms with Gasteiger partial charge in [-0.05, 0) is 0 Å². The molecule has 0 saturated heterocycles. The van der Waals surface area contributed by atoms with Gasteiger partial charge < -0.3 is 0 Å². The van der Waals surface area contributed by atoms with Crippen molar-refractivity contribution in [3.05, 3.63) is 30.9 Å². The number of nitrogens with one attached hydrogen (secondary N) is 1. The Morgan fingerprint density at radius 3 is 3.18 bits per heavy atom. The standard InChI is InChI=1S/C11H12N4OSe/c1-2-4-7(12)11(16)13-8-5-3-6-9-10(8)15-17-14-9/h2-3,5-7H,1,4,12H2,(H,13,16). The van der Waals surface area contributed by atoms with Crippen LogP contribution in [0.25, 0.3) is 0 Å². The van der Waals surface area contributed by atoms with Crippen LogP contribution >= 0.6 is 0 Å². The zero-order valence-electron chi connectivity index (χ0n) is 9.09. The van der Waals surface area contributed by atoms with Crippen molar-refractivity contribution in [3.8, 4) is 0 Å². The molecule has 1 aromatic carbocycles. The summed E-state index contributed by atoms with van der Waals surface area (Å²) in [6.07, 6.45) is 2.08. The van der Waals surface area contributed by atoms with Crippen LogP contribution in [0.15, 0.2) is 38.8 Å². The van der Waals surface area contributed by atoms with Crippen LogP contribution < -0.4 is 11.1 Å². The van der Waals surface area contributed by atoms with E-state index >= 15 is 0 Å². The molecule has 0 bridgehead atoms. The molecule has 0 saturated carbocycles. The van der Waals surface area contributed by atoms with Gasteiger partial charge in [0.15, 0.2) is 0 Å². The first-order valence-electron chi connectivity index (χ1n) is 5.11. The number of anilines is 1. The van der Waals surface area contributed by atoms with Crippen molar-refractivity contribution in [2.75, 3.05) is 5.32 Å². The molecule has 88 valence electrons. The Bertz CT molecular complexity index is 534. The molecule has 1 atom stereocenters. The third-order valence-electron chi connectivity index (χ3n) is 2.30. The number of carbonyl (C=O) groups excluding carboxylic acids is 1. The van der Waals surface area contributed by atoms with Crippen LogP contribution in [0, 0.1) is 0 Å². The van der Waals surface area contributed by atoms with E-state index in [-0.39, 0.29) is 20.5 Å². The van der Waals surface area contributed by atoms with Gasteiger partial charge in [-0.1, -0.05) is 0 Å². The molecule has 1 aliphatic heterocycles. The van der Waals surface area contributed by atoms with Crippen LogP contribution in [-0.2, 0) is 4.79 Å². The first-order valence-corrected chi connectivity index (χ1v) is 6.64. The van der Waals surface area contributed by atoms with Crippen molar-refractivity contribution in [1.82, 2.24) is 0 Å². The first kappa shape index (κ1) is 12.0. The minimum absolute atomic E-state index is 0.105. The number of fused-ring (bicyclic) bond motifs is 1. The molecule has 0 aromatic heterocycles. The fourth-order valence-corrected chi connectivity index (χ4v) is 2.57. The summed E-state index contributed by atoms with van der Waals surface area (Å²) in [7, 11) is 0. The van der Waals surface area contributed by atoms with Crippen molar-refractivity contribution >= 4 is 37.5 Å². The summed E-state index contributed by atoms with van der Waals surface area (Å²) in [6.45, 7) is 3.56. The van der Waals surface area contributed by atoms with Gasteiger partial charge in [0.1, 0.15) is 0 Å². The van der Waals surface area contributed by atoms with Gasteiger partial charge in [-0.3, -0.25) is 0 Å². The number of carbonyl (C=O) groups is 1. The molecule has 1 heterocycles. The minimum atomic E-state index is -0.577. The average Bonchev–Trinajstić information content (AvgIpc) is 2.78. The predicted molar refractivity (Wildman–Crippen MR) is 67.8 cm³/mol. The van der Waals surface area contributed by atoms with E-state index in [4.69, 9.17) is 5.73 Å². The Labute approximate surface area is 105 Å². The number of nitrogens with zero attached hydrogens (tertiary/aromatic N) is 2. The van der Waals surface area contributed by atoms with Crippen molar-refractivity contribution in [2.45, 2.75) is 12.5 Å². The third kappa shape index (κ3) is 2.61. The van der Waals surface area contributed by atoms with Gasteiger partial charge in [0, 0.05) is 0 Å². The molecule has 1 unspecified atom stereocenters. The second-order valence-corrected chi connectivity index (χ2v) is 4.67. The molecule has 3 N–H and O–H groups in total. The number of hydrogen-bond acceptors (Lipinski definition) is 4. The van der Waals surface area contributed by atoms with E-state index in [1.54, 1.807) is 12.1 Å². The van der Waals surface area contributed by atoms with E-state index in [1.807, 2.05) is 12.1 Å². The van der Waals surface area contributed by atoms with E-state index in [9.17, 15) is 4.79 Å². The molecule has 0 radical (unpaired) electrons. The molecule has 2 rings (SSSR count). The maximum atomic E-state index is 11.8. The van der Waals surface area contributed by atoms with Gasteiger partial charge in [-0.15, -0.1) is 0 Å². The molecular formula is C11H12N4OSe. The van der Waals surface area contributed by atoms with E-state index in [2.05, 4.69) is 19.8 Å². The SMILES string of the molecule is C=CCC(N)C(=O)Nc1cccc2c1N=[Se]=N2. The molecule has 0 fully saturated rings. The molecule has 0 spiro atoms. The molecule has 0 aliphatic carbocycles. The summed E-state index contributed by atoms with van der Waals surface area (Å²) >= 11 is -0.105. The topological polar surface area (TPSA) is 79.8 Å². The van der Waals surface area contributed by atoms with Gasteiger partial charge in [0.25, 0.3) is 0 Å². The number of hydrogen-bond donors (Lipinski definition) is 2. The van der Waals surface area contributed by atoms with Crippen LogP contribution in [0.2, 0.25) is 0 Å². The third-order valence-corrected chi connectivity index (χ3v) is 3.44. The summed E-state index contributed by atoms with van der Waals surface area (Å²) in [5, 5.41) is 2.77. The van der Waals surface area contributed by atoms with Crippen molar-refractivity contribution < 1.29 is 4.79 Å². The summed E-state index contributed by atoms with van der Waals surface area (Å²) in [5.41, 5.74) is 7.95. The fourth-order valence-electron chi connectivity index (χ4n) is 1.42. The van der Waals surface area contributed by atoms with Crippen molar-refractivity contribution in [2.24, 2.45) is 13.7 Å². The van der Waals surface area contributed by atoms with Gasteiger partial charge in [0.05, 0.1) is 0 Å². The zero-order chi connectivity index (χ0) is 12.3. The summed E-state index contributed by atoms with van der Waals surface area (Å²) in [6, 6.07) is 4.95. The summed E-state index contributed by atoms with van der Waals surface area (Å²) in [5.74, 6) is -0.229. The normalized spacial score (nSPS) is 13.7. The quantitative estimate of drug-likeness (QED) is 0.667. The Morgan fingerprint density at radius 1 is 1.59 bits per heavy atom. The number of benzene rings is 1. The van der Waals surface area contributed by atoms with Gasteiger partial charge >= 0.3 is 105 Å². The van der Waals surface area contributed by atoms with Crippen LogP contribution in [0.3, 0.4) is 0 Å². The van der Waals surface area contributed by atoms with E-state index in [1.165, 1.54) is 0 Å². The van der Waals surface area contributed by atoms with Crippen molar-refractivity contribution in [1.29, 1.82) is 0 Å². The van der Waals surface area contributed by atoms with Crippen molar-refractivity contribution in [3.63, 3.8) is 0 Å². The number of rotatable bonds is 4. The Balaban J connectivity index is 2.15. The molecule has 5 nitrogen and oxygen atoms in total. The Hall–Kier alpha value is -1.49. The van der Waals surface area contributed by atoms with Gasteiger partial charge in [-0.2, -0.15) is 0 Å². The van der Waals surface area contributed by atoms with Crippen LogP contribution in [0.1, 0.15) is 6.42 Å². The second-order valence-electron chi connectivity index (χ2n) is 3.56. The molecule has 1 aliphatic rings. The monoisotopic (exact) mass is 296 g/mol. The average molecular weight is 295 g/mol. The van der Waals surface area contributed by atoms with Crippen LogP contribution in [0.4, 0.5) is 17.1 Å². The zero-order valence-corrected chi connectivity index (χ0v) is 10.8. The van der Waals surface area contributed by atoms with E-state index in [0.29, 0.717) is 12.1 Å². The molecular weight excluding hydrogens is 283 g/mol. The molecule has 1 amide bonds. The Morgan fingerprint density at radius 2 is 2.41 bits per heavy atom. The number of amides is 1. The van der Waals surface area contributed by atoms with E-state index < -0.39 is 6.04 Å². The van der Waals surface area contributed by atoms with Crippen LogP contribution in [-0.4, -0.2) is 26.5 Å². The van der Waals surface area contributed by atoms with Gasteiger partial charge in [-0.25, -0.2) is 0 Å². The van der Waals surface area contributed by atoms with Gasteiger partial charge in [0.2, 0.25) is 0 Å². The second kappa shape index (κ2) is 5.23. The maximum absolute atomic E-state index is 11.8. The predicted octanol–water partition coefficient (Wildman–Crippen LogP) is 1.88. The molecule has 1 aromatic rings.